The van der Waals surface area contributed by atoms with Crippen LogP contribution in [-0.4, -0.2) is 4.98 Å². The number of aryl methyl sites for hydroxylation is 1. The second-order valence-electron chi connectivity index (χ2n) is 3.81. The summed E-state index contributed by atoms with van der Waals surface area (Å²) in [6, 6.07) is 15.0. The predicted molar refractivity (Wildman–Crippen MR) is 80.1 cm³/mol. The number of benzene rings is 2. The van der Waals surface area contributed by atoms with Gasteiger partial charge in [0.05, 0.1) is 9.88 Å². The van der Waals surface area contributed by atoms with Crippen LogP contribution in [0.4, 0.5) is 0 Å². The van der Waals surface area contributed by atoms with Gasteiger partial charge in [0, 0.05) is 6.20 Å². The summed E-state index contributed by atoms with van der Waals surface area (Å²) in [5.41, 5.74) is 1.25. The Bertz CT molecular complexity index is 645. The summed E-state index contributed by atoms with van der Waals surface area (Å²) in [4.78, 5) is 5.53. The summed E-state index contributed by atoms with van der Waals surface area (Å²) in [6.45, 7) is 2.04. The SMILES string of the molecule is Br.Cc1ncc(-c2ccc3ccccc3c2)s1. The van der Waals surface area contributed by atoms with Gasteiger partial charge >= 0.3 is 0 Å². The first-order valence-electron chi connectivity index (χ1n) is 5.24. The highest BCUT2D eigenvalue weighted by Crippen LogP contribution is 2.28. The minimum Gasteiger partial charge on any atom is -0.249 e. The molecule has 0 N–H and O–H groups in total. The molecule has 0 saturated heterocycles. The standard InChI is InChI=1S/C14H11NS.BrH/c1-10-15-9-14(16-10)13-7-6-11-4-2-3-5-12(11)8-13;/h2-9H,1H3;1H. The zero-order valence-electron chi connectivity index (χ0n) is 9.38. The smallest absolute Gasteiger partial charge is 0.0900 e. The molecule has 1 heterocycles. The number of halogens is 1. The largest absolute Gasteiger partial charge is 0.249 e. The van der Waals surface area contributed by atoms with Crippen LogP contribution in [0.15, 0.2) is 48.7 Å². The molecule has 0 radical (unpaired) electrons. The first-order valence-corrected chi connectivity index (χ1v) is 6.06. The maximum Gasteiger partial charge on any atom is 0.0900 e. The lowest BCUT2D eigenvalue weighted by molar-refractivity contribution is 1.30. The molecule has 2 aromatic carbocycles. The van der Waals surface area contributed by atoms with Gasteiger partial charge in [-0.25, -0.2) is 4.98 Å². The summed E-state index contributed by atoms with van der Waals surface area (Å²) in [7, 11) is 0. The van der Waals surface area contributed by atoms with Crippen LogP contribution in [-0.2, 0) is 0 Å². The number of hydrogen-bond acceptors (Lipinski definition) is 2. The van der Waals surface area contributed by atoms with Gasteiger partial charge in [-0.2, -0.15) is 0 Å². The van der Waals surface area contributed by atoms with E-state index in [1.807, 2.05) is 13.1 Å². The molecular weight excluding hydrogens is 294 g/mol. The Labute approximate surface area is 115 Å². The van der Waals surface area contributed by atoms with Crippen molar-refractivity contribution in [3.63, 3.8) is 0 Å². The monoisotopic (exact) mass is 305 g/mol. The molecule has 0 bridgehead atoms. The van der Waals surface area contributed by atoms with Crippen molar-refractivity contribution in [2.75, 3.05) is 0 Å². The number of rotatable bonds is 1. The van der Waals surface area contributed by atoms with E-state index < -0.39 is 0 Å². The van der Waals surface area contributed by atoms with E-state index in [1.54, 1.807) is 11.3 Å². The molecule has 0 fully saturated rings. The molecule has 0 aliphatic carbocycles. The summed E-state index contributed by atoms with van der Waals surface area (Å²) in [5.74, 6) is 0. The third-order valence-corrected chi connectivity index (χ3v) is 3.62. The van der Waals surface area contributed by atoms with E-state index in [1.165, 1.54) is 21.2 Å². The van der Waals surface area contributed by atoms with Gasteiger partial charge in [0.2, 0.25) is 0 Å². The number of nitrogens with zero attached hydrogens (tertiary/aromatic N) is 1. The van der Waals surface area contributed by atoms with Crippen molar-refractivity contribution < 1.29 is 0 Å². The van der Waals surface area contributed by atoms with Crippen LogP contribution in [0.2, 0.25) is 0 Å². The van der Waals surface area contributed by atoms with E-state index in [9.17, 15) is 0 Å². The molecule has 17 heavy (non-hydrogen) atoms. The zero-order valence-corrected chi connectivity index (χ0v) is 11.9. The Hall–Kier alpha value is -1.19. The Morgan fingerprint density at radius 1 is 1.00 bits per heavy atom. The molecule has 3 aromatic rings. The van der Waals surface area contributed by atoms with Crippen LogP contribution < -0.4 is 0 Å². The molecule has 1 aromatic heterocycles. The van der Waals surface area contributed by atoms with Crippen LogP contribution in [0.1, 0.15) is 5.01 Å². The molecule has 3 heteroatoms. The average molecular weight is 306 g/mol. The van der Waals surface area contributed by atoms with Crippen molar-refractivity contribution >= 4 is 39.1 Å². The van der Waals surface area contributed by atoms with Gasteiger partial charge in [-0.15, -0.1) is 28.3 Å². The van der Waals surface area contributed by atoms with Gasteiger partial charge in [0.1, 0.15) is 0 Å². The molecule has 0 unspecified atom stereocenters. The lowest BCUT2D eigenvalue weighted by Gasteiger charge is -2.00. The quantitative estimate of drug-likeness (QED) is 0.626. The van der Waals surface area contributed by atoms with E-state index in [4.69, 9.17) is 0 Å². The van der Waals surface area contributed by atoms with Crippen molar-refractivity contribution in [1.29, 1.82) is 0 Å². The van der Waals surface area contributed by atoms with Gasteiger partial charge in [-0.05, 0) is 29.3 Å². The molecule has 3 rings (SSSR count). The van der Waals surface area contributed by atoms with Crippen molar-refractivity contribution in [3.05, 3.63) is 53.7 Å². The average Bonchev–Trinajstić information content (AvgIpc) is 2.75. The maximum absolute atomic E-state index is 4.29. The van der Waals surface area contributed by atoms with E-state index in [2.05, 4.69) is 47.4 Å². The second kappa shape index (κ2) is 4.98. The van der Waals surface area contributed by atoms with E-state index in [0.717, 1.165) is 5.01 Å². The van der Waals surface area contributed by atoms with Crippen molar-refractivity contribution in [3.8, 4) is 10.4 Å². The highest BCUT2D eigenvalue weighted by atomic mass is 79.9. The Morgan fingerprint density at radius 2 is 1.76 bits per heavy atom. The van der Waals surface area contributed by atoms with E-state index >= 15 is 0 Å². The van der Waals surface area contributed by atoms with Gasteiger partial charge in [-0.1, -0.05) is 36.4 Å². The molecule has 0 aliphatic heterocycles. The predicted octanol–water partition coefficient (Wildman–Crippen LogP) is 4.85. The Kier molecular flexibility index (Phi) is 3.60. The fraction of sp³-hybridized carbons (Fsp3) is 0.0714. The molecule has 0 saturated carbocycles. The second-order valence-corrected chi connectivity index (χ2v) is 5.04. The van der Waals surface area contributed by atoms with Gasteiger partial charge in [0.15, 0.2) is 0 Å². The normalized spacial score (nSPS) is 10.2. The highest BCUT2D eigenvalue weighted by Gasteiger charge is 2.02. The molecule has 0 atom stereocenters. The summed E-state index contributed by atoms with van der Waals surface area (Å²) < 4.78 is 0. The first kappa shape index (κ1) is 12.3. The number of hydrogen-bond donors (Lipinski definition) is 0. The number of aromatic nitrogens is 1. The van der Waals surface area contributed by atoms with Gasteiger partial charge in [-0.3, -0.25) is 0 Å². The van der Waals surface area contributed by atoms with E-state index in [-0.39, 0.29) is 17.0 Å². The van der Waals surface area contributed by atoms with Crippen LogP contribution in [0.3, 0.4) is 0 Å². The Balaban J connectivity index is 0.00000108. The molecule has 1 nitrogen and oxygen atoms in total. The minimum absolute atomic E-state index is 0. The highest BCUT2D eigenvalue weighted by molar-refractivity contribution is 8.93. The van der Waals surface area contributed by atoms with Crippen LogP contribution in [0, 0.1) is 6.92 Å². The third kappa shape index (κ3) is 2.40. The lowest BCUT2D eigenvalue weighted by Crippen LogP contribution is -1.74. The summed E-state index contributed by atoms with van der Waals surface area (Å²) in [5, 5.41) is 3.68. The zero-order chi connectivity index (χ0) is 11.0. The number of thiazole rings is 1. The molecule has 0 amide bonds. The van der Waals surface area contributed by atoms with Crippen molar-refractivity contribution in [2.45, 2.75) is 6.92 Å². The summed E-state index contributed by atoms with van der Waals surface area (Å²) >= 11 is 1.74. The van der Waals surface area contributed by atoms with Crippen LogP contribution in [0.25, 0.3) is 21.2 Å². The van der Waals surface area contributed by atoms with Crippen molar-refractivity contribution in [2.24, 2.45) is 0 Å². The van der Waals surface area contributed by atoms with Crippen molar-refractivity contribution in [1.82, 2.24) is 4.98 Å². The van der Waals surface area contributed by atoms with Crippen LogP contribution >= 0.6 is 28.3 Å². The molecule has 0 spiro atoms. The summed E-state index contributed by atoms with van der Waals surface area (Å²) in [6.07, 6.45) is 1.95. The first-order chi connectivity index (χ1) is 7.83. The fourth-order valence-corrected chi connectivity index (χ4v) is 2.61. The Morgan fingerprint density at radius 3 is 2.47 bits per heavy atom. The van der Waals surface area contributed by atoms with Gasteiger partial charge < -0.3 is 0 Å². The molecule has 86 valence electrons. The topological polar surface area (TPSA) is 12.9 Å². The minimum atomic E-state index is 0. The fourth-order valence-electron chi connectivity index (χ4n) is 1.84. The molecule has 0 aliphatic rings. The van der Waals surface area contributed by atoms with Gasteiger partial charge in [0.25, 0.3) is 0 Å². The maximum atomic E-state index is 4.29. The third-order valence-electron chi connectivity index (χ3n) is 2.66. The molecular formula is C14H12BrNS. The van der Waals surface area contributed by atoms with Crippen LogP contribution in [0.5, 0.6) is 0 Å². The van der Waals surface area contributed by atoms with E-state index in [0.29, 0.717) is 0 Å². The number of fused-ring (bicyclic) bond motifs is 1. The lowest BCUT2D eigenvalue weighted by atomic mass is 10.1.